The van der Waals surface area contributed by atoms with E-state index in [2.05, 4.69) is 24.8 Å². The maximum Gasteiger partial charge on any atom is 0.0622 e. The number of piperidine rings is 1. The van der Waals surface area contributed by atoms with Crippen LogP contribution in [0.25, 0.3) is 0 Å². The fourth-order valence-electron chi connectivity index (χ4n) is 4.29. The summed E-state index contributed by atoms with van der Waals surface area (Å²) in [5.74, 6) is 1.63. The van der Waals surface area contributed by atoms with E-state index in [9.17, 15) is 0 Å². The zero-order chi connectivity index (χ0) is 15.4. The van der Waals surface area contributed by atoms with Crippen molar-refractivity contribution in [2.75, 3.05) is 32.8 Å². The third-order valence-corrected chi connectivity index (χ3v) is 5.90. The van der Waals surface area contributed by atoms with Crippen molar-refractivity contribution in [3.8, 4) is 0 Å². The van der Waals surface area contributed by atoms with Crippen LogP contribution in [0.3, 0.4) is 0 Å². The molecule has 2 fully saturated rings. The van der Waals surface area contributed by atoms with Crippen molar-refractivity contribution in [2.24, 2.45) is 11.8 Å². The molecule has 2 saturated heterocycles. The molecule has 3 nitrogen and oxygen atoms in total. The molecule has 2 unspecified atom stereocenters. The van der Waals surface area contributed by atoms with Crippen LogP contribution >= 0.6 is 0 Å². The number of hydrogen-bond donors (Lipinski definition) is 0. The maximum absolute atomic E-state index is 6.29. The molecule has 0 aromatic carbocycles. The summed E-state index contributed by atoms with van der Waals surface area (Å²) in [6, 6.07) is 0. The second kappa shape index (κ2) is 7.94. The average molecular weight is 307 g/mol. The maximum atomic E-state index is 6.29. The van der Waals surface area contributed by atoms with Crippen molar-refractivity contribution in [3.63, 3.8) is 0 Å². The normalized spacial score (nSPS) is 32.9. The lowest BCUT2D eigenvalue weighted by atomic mass is 9.79. The molecular weight excluding hydrogens is 274 g/mol. The minimum atomic E-state index is 0.453. The van der Waals surface area contributed by atoms with Crippen LogP contribution in [0.5, 0.6) is 0 Å². The molecule has 0 N–H and O–H groups in total. The molecule has 1 aliphatic carbocycles. The molecule has 2 heterocycles. The molecule has 0 saturated carbocycles. The van der Waals surface area contributed by atoms with Crippen LogP contribution < -0.4 is 0 Å². The SMILES string of the molecule is CC1=CCCC(C)C1CN1CCC(OC2CCOCC2)CC1. The van der Waals surface area contributed by atoms with Crippen LogP contribution in [0.2, 0.25) is 0 Å². The average Bonchev–Trinajstić information content (AvgIpc) is 2.54. The van der Waals surface area contributed by atoms with Gasteiger partial charge in [-0.15, -0.1) is 0 Å². The topological polar surface area (TPSA) is 21.7 Å². The summed E-state index contributed by atoms with van der Waals surface area (Å²) in [6.07, 6.45) is 10.6. The fourth-order valence-corrected chi connectivity index (χ4v) is 4.29. The summed E-state index contributed by atoms with van der Waals surface area (Å²) in [5, 5.41) is 0. The van der Waals surface area contributed by atoms with Crippen LogP contribution in [-0.4, -0.2) is 50.0 Å². The van der Waals surface area contributed by atoms with Gasteiger partial charge in [-0.1, -0.05) is 18.6 Å². The number of likely N-dealkylation sites (tertiary alicyclic amines) is 1. The summed E-state index contributed by atoms with van der Waals surface area (Å²) in [5.41, 5.74) is 1.62. The quantitative estimate of drug-likeness (QED) is 0.740. The third-order valence-electron chi connectivity index (χ3n) is 5.90. The molecule has 0 bridgehead atoms. The van der Waals surface area contributed by atoms with Gasteiger partial charge in [-0.2, -0.15) is 0 Å². The number of allylic oxidation sites excluding steroid dienone is 1. The molecule has 0 aromatic rings. The standard InChI is InChI=1S/C19H33NO2/c1-15-4-3-5-16(2)19(15)14-20-10-6-17(7-11-20)22-18-8-12-21-13-9-18/h4,16-19H,3,5-14H2,1-2H3. The van der Waals surface area contributed by atoms with Crippen LogP contribution in [0, 0.1) is 11.8 Å². The Morgan fingerprint density at radius 3 is 2.45 bits per heavy atom. The summed E-state index contributed by atoms with van der Waals surface area (Å²) < 4.78 is 11.7. The molecule has 3 heteroatoms. The summed E-state index contributed by atoms with van der Waals surface area (Å²) in [6.45, 7) is 10.2. The number of ether oxygens (including phenoxy) is 2. The van der Waals surface area contributed by atoms with Gasteiger partial charge in [-0.3, -0.25) is 0 Å². The van der Waals surface area contributed by atoms with E-state index in [1.807, 2.05) is 0 Å². The first-order valence-electron chi connectivity index (χ1n) is 9.34. The van der Waals surface area contributed by atoms with E-state index in [4.69, 9.17) is 9.47 Å². The first kappa shape index (κ1) is 16.5. The lowest BCUT2D eigenvalue weighted by Crippen LogP contribution is -2.42. The Kier molecular flexibility index (Phi) is 5.95. The Bertz CT molecular complexity index is 368. The molecule has 0 amide bonds. The summed E-state index contributed by atoms with van der Waals surface area (Å²) in [4.78, 5) is 2.67. The van der Waals surface area contributed by atoms with Gasteiger partial charge in [0.05, 0.1) is 12.2 Å². The van der Waals surface area contributed by atoms with Crippen molar-refractivity contribution < 1.29 is 9.47 Å². The Labute approximate surface area is 136 Å². The van der Waals surface area contributed by atoms with Crippen molar-refractivity contribution in [2.45, 2.75) is 64.6 Å². The predicted octanol–water partition coefficient (Wildman–Crippen LogP) is 3.64. The highest BCUT2D eigenvalue weighted by Gasteiger charge is 2.28. The van der Waals surface area contributed by atoms with Gasteiger partial charge in [0.15, 0.2) is 0 Å². The van der Waals surface area contributed by atoms with Crippen LogP contribution in [0.15, 0.2) is 11.6 Å². The Morgan fingerprint density at radius 1 is 1.09 bits per heavy atom. The molecule has 0 aromatic heterocycles. The summed E-state index contributed by atoms with van der Waals surface area (Å²) >= 11 is 0. The van der Waals surface area contributed by atoms with Crippen LogP contribution in [-0.2, 0) is 9.47 Å². The van der Waals surface area contributed by atoms with Gasteiger partial charge in [0.1, 0.15) is 0 Å². The minimum absolute atomic E-state index is 0.453. The lowest BCUT2D eigenvalue weighted by molar-refractivity contribution is -0.0854. The highest BCUT2D eigenvalue weighted by Crippen LogP contribution is 2.31. The van der Waals surface area contributed by atoms with Crippen molar-refractivity contribution >= 4 is 0 Å². The van der Waals surface area contributed by atoms with E-state index < -0.39 is 0 Å². The number of nitrogens with zero attached hydrogens (tertiary/aromatic N) is 1. The molecule has 3 rings (SSSR count). The minimum Gasteiger partial charge on any atom is -0.381 e. The highest BCUT2D eigenvalue weighted by molar-refractivity contribution is 5.09. The molecule has 2 atom stereocenters. The van der Waals surface area contributed by atoms with E-state index >= 15 is 0 Å². The van der Waals surface area contributed by atoms with Crippen LogP contribution in [0.1, 0.15) is 52.4 Å². The van der Waals surface area contributed by atoms with E-state index in [0.29, 0.717) is 12.2 Å². The molecule has 3 aliphatic rings. The van der Waals surface area contributed by atoms with Gasteiger partial charge in [0.25, 0.3) is 0 Å². The third kappa shape index (κ3) is 4.33. The van der Waals surface area contributed by atoms with Gasteiger partial charge in [0.2, 0.25) is 0 Å². The molecule has 0 radical (unpaired) electrons. The van der Waals surface area contributed by atoms with Crippen LogP contribution in [0.4, 0.5) is 0 Å². The fraction of sp³-hybridized carbons (Fsp3) is 0.895. The molecule has 0 spiro atoms. The Morgan fingerprint density at radius 2 is 1.77 bits per heavy atom. The van der Waals surface area contributed by atoms with E-state index in [1.165, 1.54) is 45.3 Å². The van der Waals surface area contributed by atoms with Gasteiger partial charge in [-0.05, 0) is 57.3 Å². The van der Waals surface area contributed by atoms with E-state index in [1.54, 1.807) is 5.57 Å². The lowest BCUT2D eigenvalue weighted by Gasteiger charge is -2.38. The number of hydrogen-bond acceptors (Lipinski definition) is 3. The Hall–Kier alpha value is -0.380. The van der Waals surface area contributed by atoms with Gasteiger partial charge < -0.3 is 14.4 Å². The first-order chi connectivity index (χ1) is 10.7. The summed E-state index contributed by atoms with van der Waals surface area (Å²) in [7, 11) is 0. The van der Waals surface area contributed by atoms with E-state index in [-0.39, 0.29) is 0 Å². The van der Waals surface area contributed by atoms with Crippen molar-refractivity contribution in [3.05, 3.63) is 11.6 Å². The van der Waals surface area contributed by atoms with Crippen molar-refractivity contribution in [1.29, 1.82) is 0 Å². The molecule has 22 heavy (non-hydrogen) atoms. The predicted molar refractivity (Wildman–Crippen MR) is 90.0 cm³/mol. The second-order valence-corrected chi connectivity index (χ2v) is 7.56. The largest absolute Gasteiger partial charge is 0.381 e. The molecule has 2 aliphatic heterocycles. The second-order valence-electron chi connectivity index (χ2n) is 7.56. The monoisotopic (exact) mass is 307 g/mol. The van der Waals surface area contributed by atoms with Gasteiger partial charge in [-0.25, -0.2) is 0 Å². The zero-order valence-electron chi connectivity index (χ0n) is 14.4. The first-order valence-corrected chi connectivity index (χ1v) is 9.34. The van der Waals surface area contributed by atoms with Gasteiger partial charge >= 0.3 is 0 Å². The smallest absolute Gasteiger partial charge is 0.0622 e. The van der Waals surface area contributed by atoms with Gasteiger partial charge in [0, 0.05) is 32.8 Å². The molecule has 126 valence electrons. The highest BCUT2D eigenvalue weighted by atomic mass is 16.5. The molecular formula is C19H33NO2. The zero-order valence-corrected chi connectivity index (χ0v) is 14.4. The number of rotatable bonds is 4. The van der Waals surface area contributed by atoms with Crippen molar-refractivity contribution in [1.82, 2.24) is 4.90 Å². The Balaban J connectivity index is 1.41. The van der Waals surface area contributed by atoms with E-state index in [0.717, 1.165) is 37.9 Å².